The number of anilines is 3. The largest absolute Gasteiger partial charge is 0.497 e. The van der Waals surface area contributed by atoms with Crippen LogP contribution in [0.2, 0.25) is 0 Å². The third kappa shape index (κ3) is 8.06. The molecular weight excluding hydrogens is 562 g/mol. The van der Waals surface area contributed by atoms with E-state index in [4.69, 9.17) is 14.2 Å². The highest BCUT2D eigenvalue weighted by Gasteiger charge is 2.14. The molecule has 5 rings (SSSR count). The SMILES string of the molecule is COc1ccc(/C(=C\c2ccc(N(c3ccc(C)cc3)c3ccc(C)cc3)cc2)c2ccc(OC(=O)COC(C)=O)cc2)cc1. The van der Waals surface area contributed by atoms with Crippen LogP contribution in [0.25, 0.3) is 11.6 Å². The molecule has 226 valence electrons. The Morgan fingerprint density at radius 2 is 1.07 bits per heavy atom. The van der Waals surface area contributed by atoms with Crippen LogP contribution >= 0.6 is 0 Å². The number of esters is 2. The molecule has 0 radical (unpaired) electrons. The van der Waals surface area contributed by atoms with E-state index in [1.54, 1.807) is 19.2 Å². The van der Waals surface area contributed by atoms with Crippen LogP contribution in [0, 0.1) is 13.8 Å². The minimum atomic E-state index is -0.644. The van der Waals surface area contributed by atoms with E-state index in [9.17, 15) is 9.59 Å². The summed E-state index contributed by atoms with van der Waals surface area (Å²) in [4.78, 5) is 25.3. The van der Waals surface area contributed by atoms with E-state index < -0.39 is 18.5 Å². The molecule has 5 aromatic carbocycles. The lowest BCUT2D eigenvalue weighted by Gasteiger charge is -2.26. The summed E-state index contributed by atoms with van der Waals surface area (Å²) < 4.78 is 15.4. The van der Waals surface area contributed by atoms with E-state index in [-0.39, 0.29) is 0 Å². The molecule has 6 nitrogen and oxygen atoms in total. The lowest BCUT2D eigenvalue weighted by atomic mass is 9.95. The van der Waals surface area contributed by atoms with Gasteiger partial charge in [0.05, 0.1) is 7.11 Å². The van der Waals surface area contributed by atoms with Crippen LogP contribution in [0.3, 0.4) is 0 Å². The zero-order valence-corrected chi connectivity index (χ0v) is 25.8. The maximum Gasteiger partial charge on any atom is 0.349 e. The predicted molar refractivity (Wildman–Crippen MR) is 179 cm³/mol. The number of benzene rings is 5. The second-order valence-corrected chi connectivity index (χ2v) is 10.7. The topological polar surface area (TPSA) is 65.1 Å². The third-order valence-corrected chi connectivity index (χ3v) is 7.24. The van der Waals surface area contributed by atoms with E-state index in [2.05, 4.69) is 97.6 Å². The number of carbonyl (C=O) groups excluding carboxylic acids is 2. The van der Waals surface area contributed by atoms with Gasteiger partial charge in [0, 0.05) is 24.0 Å². The molecule has 0 aliphatic heterocycles. The first-order valence-corrected chi connectivity index (χ1v) is 14.6. The van der Waals surface area contributed by atoms with Crippen molar-refractivity contribution in [3.8, 4) is 11.5 Å². The molecule has 0 aliphatic carbocycles. The number of rotatable bonds is 10. The quantitative estimate of drug-likeness (QED) is 0.0910. The molecule has 0 amide bonds. The normalized spacial score (nSPS) is 11.1. The highest BCUT2D eigenvalue weighted by Crippen LogP contribution is 2.36. The Hall–Kier alpha value is -5.62. The Kier molecular flexibility index (Phi) is 9.75. The van der Waals surface area contributed by atoms with Crippen molar-refractivity contribution in [1.82, 2.24) is 0 Å². The molecule has 0 atom stereocenters. The molecule has 5 aromatic rings. The summed E-state index contributed by atoms with van der Waals surface area (Å²) >= 11 is 0. The minimum Gasteiger partial charge on any atom is -0.497 e. The van der Waals surface area contributed by atoms with Crippen molar-refractivity contribution in [3.05, 3.63) is 149 Å². The summed E-state index contributed by atoms with van der Waals surface area (Å²) in [7, 11) is 1.64. The molecular formula is C39H35NO5. The van der Waals surface area contributed by atoms with Crippen molar-refractivity contribution < 1.29 is 23.8 Å². The van der Waals surface area contributed by atoms with Gasteiger partial charge in [-0.3, -0.25) is 4.79 Å². The lowest BCUT2D eigenvalue weighted by Crippen LogP contribution is -2.17. The van der Waals surface area contributed by atoms with Gasteiger partial charge in [0.2, 0.25) is 0 Å². The monoisotopic (exact) mass is 597 g/mol. The van der Waals surface area contributed by atoms with Gasteiger partial charge in [-0.1, -0.05) is 71.8 Å². The number of hydrogen-bond donors (Lipinski definition) is 0. The van der Waals surface area contributed by atoms with Crippen LogP contribution < -0.4 is 14.4 Å². The number of methoxy groups -OCH3 is 1. The summed E-state index contributed by atoms with van der Waals surface area (Å²) in [5.41, 5.74) is 9.58. The maximum absolute atomic E-state index is 12.0. The van der Waals surface area contributed by atoms with Gasteiger partial charge in [-0.15, -0.1) is 0 Å². The Morgan fingerprint density at radius 3 is 1.51 bits per heavy atom. The number of hydrogen-bond acceptors (Lipinski definition) is 6. The van der Waals surface area contributed by atoms with Crippen molar-refractivity contribution in [2.45, 2.75) is 20.8 Å². The first-order valence-electron chi connectivity index (χ1n) is 14.6. The minimum absolute atomic E-state index is 0.363. The smallest absolute Gasteiger partial charge is 0.349 e. The standard InChI is InChI=1S/C39H35NO5/c1-27-5-15-33(16-6-27)40(34-17-7-28(2)8-18-34)35-19-9-30(10-20-35)25-38(31-11-21-36(43-4)22-12-31)32-13-23-37(24-14-32)45-39(42)26-44-29(3)41/h5-25H,26H2,1-4H3/b38-25+. The number of ether oxygens (including phenoxy) is 3. The summed E-state index contributed by atoms with van der Waals surface area (Å²) in [6.07, 6.45) is 2.13. The molecule has 0 spiro atoms. The molecule has 0 unspecified atom stereocenters. The van der Waals surface area contributed by atoms with Gasteiger partial charge < -0.3 is 19.1 Å². The zero-order valence-electron chi connectivity index (χ0n) is 25.8. The van der Waals surface area contributed by atoms with Gasteiger partial charge in [0.25, 0.3) is 0 Å². The van der Waals surface area contributed by atoms with Gasteiger partial charge >= 0.3 is 11.9 Å². The Balaban J connectivity index is 1.47. The molecule has 45 heavy (non-hydrogen) atoms. The Bertz CT molecular complexity index is 1730. The van der Waals surface area contributed by atoms with Crippen LogP contribution in [0.4, 0.5) is 17.1 Å². The average molecular weight is 598 g/mol. The maximum atomic E-state index is 12.0. The van der Waals surface area contributed by atoms with Crippen molar-refractivity contribution in [1.29, 1.82) is 0 Å². The van der Waals surface area contributed by atoms with Crippen LogP contribution in [0.15, 0.2) is 121 Å². The molecule has 0 saturated carbocycles. The van der Waals surface area contributed by atoms with Crippen LogP contribution in [0.5, 0.6) is 11.5 Å². The fraction of sp³-hybridized carbons (Fsp3) is 0.128. The van der Waals surface area contributed by atoms with E-state index in [1.807, 2.05) is 36.4 Å². The zero-order chi connectivity index (χ0) is 31.8. The Labute approximate surface area is 264 Å². The van der Waals surface area contributed by atoms with Crippen LogP contribution in [0.1, 0.15) is 34.7 Å². The lowest BCUT2D eigenvalue weighted by molar-refractivity contribution is -0.152. The van der Waals surface area contributed by atoms with E-state index in [1.165, 1.54) is 18.1 Å². The first kappa shape index (κ1) is 30.8. The third-order valence-electron chi connectivity index (χ3n) is 7.24. The molecule has 0 heterocycles. The highest BCUT2D eigenvalue weighted by atomic mass is 16.6. The second-order valence-electron chi connectivity index (χ2n) is 10.7. The predicted octanol–water partition coefficient (Wildman–Crippen LogP) is 8.84. The number of nitrogens with zero attached hydrogens (tertiary/aromatic N) is 1. The Morgan fingerprint density at radius 1 is 0.622 bits per heavy atom. The van der Waals surface area contributed by atoms with Crippen molar-refractivity contribution in [2.24, 2.45) is 0 Å². The number of carbonyl (C=O) groups is 2. The van der Waals surface area contributed by atoms with E-state index in [0.717, 1.165) is 45.1 Å². The van der Waals surface area contributed by atoms with Gasteiger partial charge in [-0.2, -0.15) is 0 Å². The van der Waals surface area contributed by atoms with Crippen molar-refractivity contribution >= 4 is 40.6 Å². The summed E-state index contributed by atoms with van der Waals surface area (Å²) in [6.45, 7) is 4.99. The highest BCUT2D eigenvalue weighted by molar-refractivity contribution is 5.92. The molecule has 0 N–H and O–H groups in total. The number of aryl methyl sites for hydroxylation is 2. The van der Waals surface area contributed by atoms with E-state index in [0.29, 0.717) is 5.75 Å². The van der Waals surface area contributed by atoms with Crippen molar-refractivity contribution in [2.75, 3.05) is 18.6 Å². The second kappa shape index (κ2) is 14.2. The van der Waals surface area contributed by atoms with Gasteiger partial charge in [-0.05, 0) is 103 Å². The summed E-state index contributed by atoms with van der Waals surface area (Å²) in [5.74, 6) is -0.0525. The molecule has 0 bridgehead atoms. The molecule has 0 aliphatic rings. The fourth-order valence-electron chi connectivity index (χ4n) is 4.85. The van der Waals surface area contributed by atoms with E-state index >= 15 is 0 Å². The molecule has 0 fully saturated rings. The van der Waals surface area contributed by atoms with Gasteiger partial charge in [0.15, 0.2) is 6.61 Å². The summed E-state index contributed by atoms with van der Waals surface area (Å²) in [6, 6.07) is 40.7. The van der Waals surface area contributed by atoms with Crippen LogP contribution in [-0.4, -0.2) is 25.7 Å². The summed E-state index contributed by atoms with van der Waals surface area (Å²) in [5, 5.41) is 0. The molecule has 0 saturated heterocycles. The van der Waals surface area contributed by atoms with Crippen LogP contribution in [-0.2, 0) is 14.3 Å². The fourth-order valence-corrected chi connectivity index (χ4v) is 4.85. The van der Waals surface area contributed by atoms with Gasteiger partial charge in [0.1, 0.15) is 11.5 Å². The molecule has 6 heteroatoms. The molecule has 0 aromatic heterocycles. The van der Waals surface area contributed by atoms with Gasteiger partial charge in [-0.25, -0.2) is 4.79 Å². The average Bonchev–Trinajstić information content (AvgIpc) is 3.06. The first-order chi connectivity index (χ1) is 21.8. The van der Waals surface area contributed by atoms with Crippen molar-refractivity contribution in [3.63, 3.8) is 0 Å².